The largest absolute Gasteiger partial charge is 0.480 e. The van der Waals surface area contributed by atoms with Gasteiger partial charge in [0.1, 0.15) is 5.75 Å². The molecule has 0 heterocycles. The fourth-order valence-electron chi connectivity index (χ4n) is 2.65. The third-order valence-electron chi connectivity index (χ3n) is 4.23. The van der Waals surface area contributed by atoms with Crippen molar-refractivity contribution in [2.45, 2.75) is 52.7 Å². The molecule has 0 saturated carbocycles. The predicted molar refractivity (Wildman–Crippen MR) is 98.2 cm³/mol. The summed E-state index contributed by atoms with van der Waals surface area (Å²) < 4.78 is 5.94. The third kappa shape index (κ3) is 4.60. The topological polar surface area (TPSA) is 38.3 Å². The van der Waals surface area contributed by atoms with E-state index in [1.165, 1.54) is 5.56 Å². The van der Waals surface area contributed by atoms with Gasteiger partial charge in [-0.3, -0.25) is 4.79 Å². The van der Waals surface area contributed by atoms with Crippen LogP contribution in [0.1, 0.15) is 49.4 Å². The first kappa shape index (κ1) is 18.1. The number of carbonyl (C=O) groups excluding carboxylic acids is 1. The molecule has 0 aliphatic rings. The minimum Gasteiger partial charge on any atom is -0.480 e. The zero-order chi connectivity index (χ0) is 17.5. The molecular formula is C21H27NO2. The highest BCUT2D eigenvalue weighted by atomic mass is 16.5. The molecule has 0 radical (unpaired) electrons. The number of rotatable bonds is 7. The van der Waals surface area contributed by atoms with Gasteiger partial charge < -0.3 is 10.1 Å². The average Bonchev–Trinajstić information content (AvgIpc) is 2.59. The molecule has 1 amide bonds. The van der Waals surface area contributed by atoms with E-state index in [1.54, 1.807) is 0 Å². The zero-order valence-corrected chi connectivity index (χ0v) is 15.0. The maximum absolute atomic E-state index is 12.7. The summed E-state index contributed by atoms with van der Waals surface area (Å²) in [5.41, 5.74) is 3.38. The van der Waals surface area contributed by atoms with Crippen molar-refractivity contribution in [3.8, 4) is 5.75 Å². The van der Waals surface area contributed by atoms with Crippen LogP contribution in [0.5, 0.6) is 5.75 Å². The molecule has 128 valence electrons. The molecule has 2 aromatic carbocycles. The Balaban J connectivity index is 2.07. The van der Waals surface area contributed by atoms with Gasteiger partial charge in [-0.2, -0.15) is 0 Å². The molecular weight excluding hydrogens is 298 g/mol. The van der Waals surface area contributed by atoms with Crippen molar-refractivity contribution >= 4 is 5.91 Å². The molecule has 3 nitrogen and oxygen atoms in total. The lowest BCUT2D eigenvalue weighted by atomic mass is 10.0. The first-order valence-electron chi connectivity index (χ1n) is 8.64. The van der Waals surface area contributed by atoms with Crippen LogP contribution in [0.25, 0.3) is 0 Å². The Kier molecular flexibility index (Phi) is 6.42. The van der Waals surface area contributed by atoms with Crippen molar-refractivity contribution in [1.29, 1.82) is 0 Å². The molecule has 0 aliphatic carbocycles. The van der Waals surface area contributed by atoms with E-state index in [0.29, 0.717) is 6.42 Å². The van der Waals surface area contributed by atoms with E-state index in [4.69, 9.17) is 4.74 Å². The Morgan fingerprint density at radius 2 is 1.67 bits per heavy atom. The zero-order valence-electron chi connectivity index (χ0n) is 15.0. The van der Waals surface area contributed by atoms with Crippen LogP contribution in [0.4, 0.5) is 0 Å². The highest BCUT2D eigenvalue weighted by molar-refractivity contribution is 5.81. The second-order valence-electron chi connectivity index (χ2n) is 6.16. The van der Waals surface area contributed by atoms with Crippen LogP contribution in [-0.2, 0) is 4.79 Å². The van der Waals surface area contributed by atoms with Gasteiger partial charge in [0.2, 0.25) is 0 Å². The summed E-state index contributed by atoms with van der Waals surface area (Å²) >= 11 is 0. The fraction of sp³-hybridized carbons (Fsp3) is 0.381. The molecule has 0 bridgehead atoms. The molecule has 2 atom stereocenters. The van der Waals surface area contributed by atoms with Crippen molar-refractivity contribution in [3.05, 3.63) is 65.2 Å². The van der Waals surface area contributed by atoms with Gasteiger partial charge in [-0.15, -0.1) is 0 Å². The smallest absolute Gasteiger partial charge is 0.261 e. The first-order chi connectivity index (χ1) is 11.5. The molecule has 0 unspecified atom stereocenters. The molecule has 2 rings (SSSR count). The number of amides is 1. The van der Waals surface area contributed by atoms with Crippen molar-refractivity contribution in [1.82, 2.24) is 5.32 Å². The minimum atomic E-state index is -0.481. The van der Waals surface area contributed by atoms with E-state index in [2.05, 4.69) is 43.4 Å². The monoisotopic (exact) mass is 325 g/mol. The van der Waals surface area contributed by atoms with Crippen LogP contribution in [0.15, 0.2) is 48.5 Å². The number of benzene rings is 2. The lowest BCUT2D eigenvalue weighted by molar-refractivity contribution is -0.129. The van der Waals surface area contributed by atoms with E-state index in [1.807, 2.05) is 38.1 Å². The number of carbonyl (C=O) groups is 1. The average molecular weight is 325 g/mol. The number of hydrogen-bond acceptors (Lipinski definition) is 2. The van der Waals surface area contributed by atoms with E-state index >= 15 is 0 Å². The molecule has 2 aromatic rings. The standard InChI is InChI=1S/C21H27NO2/c1-5-18(17-13-11-15(3)12-14-17)22-21(23)19(6-2)24-20-10-8-7-9-16(20)4/h7-14,18-19H,5-6H2,1-4H3,(H,22,23)/t18-,19+/m1/s1. The summed E-state index contributed by atoms with van der Waals surface area (Å²) in [4.78, 5) is 12.7. The van der Waals surface area contributed by atoms with Crippen LogP contribution in [0.2, 0.25) is 0 Å². The van der Waals surface area contributed by atoms with Crippen molar-refractivity contribution < 1.29 is 9.53 Å². The van der Waals surface area contributed by atoms with E-state index in [-0.39, 0.29) is 11.9 Å². The minimum absolute atomic E-state index is 0.00706. The maximum atomic E-state index is 12.7. The van der Waals surface area contributed by atoms with Gasteiger partial charge in [0.25, 0.3) is 5.91 Å². The van der Waals surface area contributed by atoms with Gasteiger partial charge in [0.15, 0.2) is 6.10 Å². The molecule has 1 N–H and O–H groups in total. The molecule has 3 heteroatoms. The van der Waals surface area contributed by atoms with Crippen molar-refractivity contribution in [2.24, 2.45) is 0 Å². The summed E-state index contributed by atoms with van der Waals surface area (Å²) in [6.07, 6.45) is 0.991. The Hall–Kier alpha value is -2.29. The van der Waals surface area contributed by atoms with Crippen LogP contribution in [0, 0.1) is 13.8 Å². The number of hydrogen-bond donors (Lipinski definition) is 1. The van der Waals surface area contributed by atoms with Crippen LogP contribution >= 0.6 is 0 Å². The highest BCUT2D eigenvalue weighted by Crippen LogP contribution is 2.21. The SMILES string of the molecule is CC[C@H](Oc1ccccc1C)C(=O)N[C@H](CC)c1ccc(C)cc1. The normalized spacial score (nSPS) is 13.2. The number of aryl methyl sites for hydroxylation is 2. The van der Waals surface area contributed by atoms with Gasteiger partial charge in [-0.1, -0.05) is 61.9 Å². The lowest BCUT2D eigenvalue weighted by Crippen LogP contribution is -2.40. The number of para-hydroxylation sites is 1. The Bertz CT molecular complexity index is 664. The Morgan fingerprint density at radius 3 is 2.25 bits per heavy atom. The molecule has 0 spiro atoms. The van der Waals surface area contributed by atoms with Crippen LogP contribution < -0.4 is 10.1 Å². The second-order valence-corrected chi connectivity index (χ2v) is 6.16. The Morgan fingerprint density at radius 1 is 1.00 bits per heavy atom. The van der Waals surface area contributed by atoms with Crippen LogP contribution in [-0.4, -0.2) is 12.0 Å². The summed E-state index contributed by atoms with van der Waals surface area (Å²) in [5.74, 6) is 0.705. The molecule has 0 aromatic heterocycles. The molecule has 0 aliphatic heterocycles. The summed E-state index contributed by atoms with van der Waals surface area (Å²) in [6.45, 7) is 8.09. The second kappa shape index (κ2) is 8.53. The quantitative estimate of drug-likeness (QED) is 0.799. The molecule has 0 saturated heterocycles. The first-order valence-corrected chi connectivity index (χ1v) is 8.64. The number of ether oxygens (including phenoxy) is 1. The summed E-state index contributed by atoms with van der Waals surface area (Å²) in [7, 11) is 0. The van der Waals surface area contributed by atoms with Crippen molar-refractivity contribution in [2.75, 3.05) is 0 Å². The van der Waals surface area contributed by atoms with Crippen LogP contribution in [0.3, 0.4) is 0 Å². The van der Waals surface area contributed by atoms with E-state index < -0.39 is 6.10 Å². The molecule has 0 fully saturated rings. The Labute approximate surface area is 145 Å². The van der Waals surface area contributed by atoms with Gasteiger partial charge in [-0.05, 0) is 43.9 Å². The summed E-state index contributed by atoms with van der Waals surface area (Å²) in [5, 5.41) is 3.13. The maximum Gasteiger partial charge on any atom is 0.261 e. The van der Waals surface area contributed by atoms with Gasteiger partial charge in [0.05, 0.1) is 6.04 Å². The predicted octanol–water partition coefficient (Wildman–Crippen LogP) is 4.73. The van der Waals surface area contributed by atoms with Gasteiger partial charge in [-0.25, -0.2) is 0 Å². The highest BCUT2D eigenvalue weighted by Gasteiger charge is 2.22. The van der Waals surface area contributed by atoms with Crippen molar-refractivity contribution in [3.63, 3.8) is 0 Å². The van der Waals surface area contributed by atoms with Gasteiger partial charge >= 0.3 is 0 Å². The third-order valence-corrected chi connectivity index (χ3v) is 4.23. The molecule has 24 heavy (non-hydrogen) atoms. The van der Waals surface area contributed by atoms with E-state index in [9.17, 15) is 4.79 Å². The van der Waals surface area contributed by atoms with E-state index in [0.717, 1.165) is 23.3 Å². The number of nitrogens with one attached hydrogen (secondary N) is 1. The fourth-order valence-corrected chi connectivity index (χ4v) is 2.65. The summed E-state index contributed by atoms with van der Waals surface area (Å²) in [6, 6.07) is 16.1. The lowest BCUT2D eigenvalue weighted by Gasteiger charge is -2.23. The van der Waals surface area contributed by atoms with Gasteiger partial charge in [0, 0.05) is 0 Å².